The second-order valence-electron chi connectivity index (χ2n) is 4.54. The third kappa shape index (κ3) is 4.57. The molecule has 0 saturated carbocycles. The average molecular weight is 305 g/mol. The summed E-state index contributed by atoms with van der Waals surface area (Å²) < 4.78 is 0. The second kappa shape index (κ2) is 6.85. The smallest absolute Gasteiger partial charge is 0.325 e. The van der Waals surface area contributed by atoms with Gasteiger partial charge in [0.05, 0.1) is 6.42 Å². The molecule has 0 aliphatic heterocycles. The fraction of sp³-hybridized carbons (Fsp3) is 0.214. The van der Waals surface area contributed by atoms with Crippen LogP contribution in [0.25, 0.3) is 0 Å². The molecule has 21 heavy (non-hydrogen) atoms. The zero-order chi connectivity index (χ0) is 15.2. The molecule has 7 heteroatoms. The number of thiazole rings is 1. The summed E-state index contributed by atoms with van der Waals surface area (Å²) in [4.78, 5) is 26.3. The van der Waals surface area contributed by atoms with E-state index < -0.39 is 5.97 Å². The number of carbonyl (C=O) groups is 2. The van der Waals surface area contributed by atoms with E-state index in [1.54, 1.807) is 23.7 Å². The van der Waals surface area contributed by atoms with Crippen molar-refractivity contribution >= 4 is 34.2 Å². The molecule has 0 bridgehead atoms. The second-order valence-corrected chi connectivity index (χ2v) is 5.43. The van der Waals surface area contributed by atoms with E-state index in [4.69, 9.17) is 5.11 Å². The van der Waals surface area contributed by atoms with Gasteiger partial charge >= 0.3 is 12.0 Å². The van der Waals surface area contributed by atoms with Crippen LogP contribution in [0.1, 0.15) is 24.8 Å². The highest BCUT2D eigenvalue weighted by Gasteiger charge is 2.10. The number of rotatable bonds is 5. The maximum Gasteiger partial charge on any atom is 0.325 e. The topological polar surface area (TPSA) is 91.3 Å². The van der Waals surface area contributed by atoms with Gasteiger partial charge in [0.25, 0.3) is 0 Å². The lowest BCUT2D eigenvalue weighted by Crippen LogP contribution is -2.19. The Kier molecular flexibility index (Phi) is 4.89. The molecule has 1 unspecified atom stereocenters. The van der Waals surface area contributed by atoms with Gasteiger partial charge in [-0.2, -0.15) is 0 Å². The van der Waals surface area contributed by atoms with Crippen LogP contribution >= 0.6 is 11.3 Å². The standard InChI is InChI=1S/C14H15N3O3S/c1-9(8-12(18)19)10-2-4-11(5-3-10)16-13(20)17-14-15-6-7-21-14/h2-7,9H,8H2,1H3,(H,18,19)(H2,15,16,17,20). The average Bonchev–Trinajstić information content (AvgIpc) is 2.91. The van der Waals surface area contributed by atoms with Crippen LogP contribution in [0.4, 0.5) is 15.6 Å². The molecular weight excluding hydrogens is 290 g/mol. The quantitative estimate of drug-likeness (QED) is 0.790. The van der Waals surface area contributed by atoms with E-state index >= 15 is 0 Å². The van der Waals surface area contributed by atoms with Crippen molar-refractivity contribution in [2.45, 2.75) is 19.3 Å². The van der Waals surface area contributed by atoms with Crippen molar-refractivity contribution in [3.05, 3.63) is 41.4 Å². The Bertz CT molecular complexity index is 611. The van der Waals surface area contributed by atoms with Gasteiger partial charge in [0, 0.05) is 17.3 Å². The summed E-state index contributed by atoms with van der Waals surface area (Å²) in [5.74, 6) is -0.895. The van der Waals surface area contributed by atoms with E-state index in [9.17, 15) is 9.59 Å². The van der Waals surface area contributed by atoms with Gasteiger partial charge in [0.15, 0.2) is 5.13 Å². The molecule has 1 aromatic carbocycles. The summed E-state index contributed by atoms with van der Waals surface area (Å²) in [7, 11) is 0. The Morgan fingerprint density at radius 3 is 2.57 bits per heavy atom. The van der Waals surface area contributed by atoms with Gasteiger partial charge in [0.1, 0.15) is 0 Å². The van der Waals surface area contributed by atoms with E-state index in [0.717, 1.165) is 5.56 Å². The van der Waals surface area contributed by atoms with Crippen LogP contribution < -0.4 is 10.6 Å². The minimum Gasteiger partial charge on any atom is -0.481 e. The number of aliphatic carboxylic acids is 1. The first-order chi connectivity index (χ1) is 10.0. The third-order valence-corrected chi connectivity index (χ3v) is 3.56. The van der Waals surface area contributed by atoms with Gasteiger partial charge in [-0.15, -0.1) is 11.3 Å². The molecule has 1 aromatic heterocycles. The molecule has 0 fully saturated rings. The van der Waals surface area contributed by atoms with Gasteiger partial charge in [-0.25, -0.2) is 9.78 Å². The normalized spacial score (nSPS) is 11.7. The van der Waals surface area contributed by atoms with Crippen molar-refractivity contribution < 1.29 is 14.7 Å². The molecule has 0 spiro atoms. The molecule has 0 aliphatic carbocycles. The number of benzene rings is 1. The first-order valence-electron chi connectivity index (χ1n) is 6.34. The molecule has 1 heterocycles. The van der Waals surface area contributed by atoms with Crippen molar-refractivity contribution in [2.24, 2.45) is 0 Å². The van der Waals surface area contributed by atoms with Crippen LogP contribution in [-0.4, -0.2) is 22.1 Å². The SMILES string of the molecule is CC(CC(=O)O)c1ccc(NC(=O)Nc2nccs2)cc1. The van der Waals surface area contributed by atoms with Crippen LogP contribution in [-0.2, 0) is 4.79 Å². The predicted molar refractivity (Wildman–Crippen MR) is 81.9 cm³/mol. The molecule has 110 valence electrons. The zero-order valence-corrected chi connectivity index (χ0v) is 12.2. The number of carboxylic acid groups (broad SMARTS) is 1. The predicted octanol–water partition coefficient (Wildman–Crippen LogP) is 3.37. The number of aromatic nitrogens is 1. The summed E-state index contributed by atoms with van der Waals surface area (Å²) in [6.45, 7) is 1.85. The van der Waals surface area contributed by atoms with Crippen LogP contribution in [0.3, 0.4) is 0 Å². The summed E-state index contributed by atoms with van der Waals surface area (Å²) in [6, 6.07) is 6.75. The number of urea groups is 1. The number of carboxylic acids is 1. The third-order valence-electron chi connectivity index (χ3n) is 2.87. The fourth-order valence-corrected chi connectivity index (χ4v) is 2.34. The minimum atomic E-state index is -0.826. The lowest BCUT2D eigenvalue weighted by Gasteiger charge is -2.10. The van der Waals surface area contributed by atoms with Gasteiger partial charge < -0.3 is 10.4 Å². The number of anilines is 2. The summed E-state index contributed by atoms with van der Waals surface area (Å²) >= 11 is 1.34. The van der Waals surface area contributed by atoms with Gasteiger partial charge in [0.2, 0.25) is 0 Å². The number of carbonyl (C=O) groups excluding carboxylic acids is 1. The number of hydrogen-bond donors (Lipinski definition) is 3. The van der Waals surface area contributed by atoms with Crippen molar-refractivity contribution in [3.8, 4) is 0 Å². The Morgan fingerprint density at radius 2 is 2.00 bits per heavy atom. The van der Waals surface area contributed by atoms with Gasteiger partial charge in [-0.3, -0.25) is 10.1 Å². The molecule has 2 aromatic rings. The molecule has 2 amide bonds. The molecule has 0 radical (unpaired) electrons. The lowest BCUT2D eigenvalue weighted by molar-refractivity contribution is -0.137. The summed E-state index contributed by atoms with van der Waals surface area (Å²) in [6.07, 6.45) is 1.69. The van der Waals surface area contributed by atoms with E-state index in [1.165, 1.54) is 11.3 Å². The molecular formula is C14H15N3O3S. The largest absolute Gasteiger partial charge is 0.481 e. The Labute approximate surface area is 125 Å². The highest BCUT2D eigenvalue weighted by Crippen LogP contribution is 2.21. The highest BCUT2D eigenvalue weighted by atomic mass is 32.1. The monoisotopic (exact) mass is 305 g/mol. The maximum absolute atomic E-state index is 11.7. The van der Waals surface area contributed by atoms with Crippen molar-refractivity contribution in [1.29, 1.82) is 0 Å². The molecule has 2 rings (SSSR count). The van der Waals surface area contributed by atoms with Crippen LogP contribution in [0.15, 0.2) is 35.8 Å². The Hall–Kier alpha value is -2.41. The molecule has 6 nitrogen and oxygen atoms in total. The fourth-order valence-electron chi connectivity index (χ4n) is 1.82. The van der Waals surface area contributed by atoms with E-state index in [0.29, 0.717) is 10.8 Å². The number of amides is 2. The van der Waals surface area contributed by atoms with Crippen molar-refractivity contribution in [1.82, 2.24) is 4.98 Å². The highest BCUT2D eigenvalue weighted by molar-refractivity contribution is 7.13. The molecule has 3 N–H and O–H groups in total. The van der Waals surface area contributed by atoms with Gasteiger partial charge in [-0.1, -0.05) is 19.1 Å². The van der Waals surface area contributed by atoms with E-state index in [2.05, 4.69) is 15.6 Å². The van der Waals surface area contributed by atoms with Crippen LogP contribution in [0.2, 0.25) is 0 Å². The first kappa shape index (κ1) is 15.0. The first-order valence-corrected chi connectivity index (χ1v) is 7.22. The maximum atomic E-state index is 11.7. The van der Waals surface area contributed by atoms with Crippen LogP contribution in [0.5, 0.6) is 0 Å². The lowest BCUT2D eigenvalue weighted by atomic mass is 9.98. The van der Waals surface area contributed by atoms with Crippen molar-refractivity contribution in [3.63, 3.8) is 0 Å². The van der Waals surface area contributed by atoms with E-state index in [-0.39, 0.29) is 18.4 Å². The molecule has 1 atom stereocenters. The number of hydrogen-bond acceptors (Lipinski definition) is 4. The Balaban J connectivity index is 1.92. The summed E-state index contributed by atoms with van der Waals surface area (Å²) in [5, 5.41) is 16.4. The zero-order valence-electron chi connectivity index (χ0n) is 11.4. The van der Waals surface area contributed by atoms with Crippen molar-refractivity contribution in [2.75, 3.05) is 10.6 Å². The Morgan fingerprint density at radius 1 is 1.29 bits per heavy atom. The number of nitrogens with one attached hydrogen (secondary N) is 2. The van der Waals surface area contributed by atoms with Crippen LogP contribution in [0, 0.1) is 0 Å². The summed E-state index contributed by atoms with van der Waals surface area (Å²) in [5.41, 5.74) is 1.55. The van der Waals surface area contributed by atoms with E-state index in [1.807, 2.05) is 19.1 Å². The van der Waals surface area contributed by atoms with Gasteiger partial charge in [-0.05, 0) is 23.6 Å². The molecule has 0 saturated heterocycles. The minimum absolute atomic E-state index is 0.0688. The molecule has 0 aliphatic rings. The number of nitrogens with zero attached hydrogens (tertiary/aromatic N) is 1.